The fraction of sp³-hybridized carbons (Fsp3) is 1.00. The normalized spacial score (nSPS) is 30.2. The van der Waals surface area contributed by atoms with Crippen molar-refractivity contribution in [2.75, 3.05) is 7.05 Å². The molecule has 0 aliphatic heterocycles. The molecule has 1 aliphatic carbocycles. The Balaban J connectivity index is 2.73. The second kappa shape index (κ2) is 6.38. The summed E-state index contributed by atoms with van der Waals surface area (Å²) in [5.41, 5.74) is 0.368. The van der Waals surface area contributed by atoms with Crippen molar-refractivity contribution < 1.29 is 5.11 Å². The number of rotatable bonds is 4. The Morgan fingerprint density at radius 2 is 1.72 bits per heavy atom. The summed E-state index contributed by atoms with van der Waals surface area (Å²) in [4.78, 5) is 2.45. The molecule has 1 rings (SSSR count). The van der Waals surface area contributed by atoms with Crippen molar-refractivity contribution in [2.24, 2.45) is 11.3 Å². The minimum atomic E-state index is -0.130. The zero-order valence-corrected chi connectivity index (χ0v) is 13.2. The summed E-state index contributed by atoms with van der Waals surface area (Å²) in [5, 5.41) is 10.3. The Bertz CT molecular complexity index is 242. The highest BCUT2D eigenvalue weighted by atomic mass is 16.3. The molecule has 0 aromatic carbocycles. The number of aliphatic hydroxyl groups excluding tert-OH is 1. The highest BCUT2D eigenvalue weighted by molar-refractivity contribution is 4.91. The number of likely N-dealkylation sites (N-methyl/N-ethyl adjacent to an activating group) is 1. The largest absolute Gasteiger partial charge is 0.391 e. The molecule has 0 spiro atoms. The molecule has 0 amide bonds. The SMILES string of the molecule is CCC(CC)N(C)C1CC(C(C)(C)C)CCC1O. The van der Waals surface area contributed by atoms with Gasteiger partial charge >= 0.3 is 0 Å². The maximum absolute atomic E-state index is 10.3. The summed E-state index contributed by atoms with van der Waals surface area (Å²) in [5.74, 6) is 0.739. The van der Waals surface area contributed by atoms with Gasteiger partial charge in [-0.25, -0.2) is 0 Å². The van der Waals surface area contributed by atoms with Crippen LogP contribution in [0.25, 0.3) is 0 Å². The second-order valence-corrected chi connectivity index (χ2v) is 7.15. The number of hydrogen-bond acceptors (Lipinski definition) is 2. The molecule has 0 radical (unpaired) electrons. The lowest BCUT2D eigenvalue weighted by atomic mass is 9.70. The van der Waals surface area contributed by atoms with Gasteiger partial charge in [0.2, 0.25) is 0 Å². The number of aliphatic hydroxyl groups is 1. The van der Waals surface area contributed by atoms with Crippen LogP contribution in [0, 0.1) is 11.3 Å². The molecule has 18 heavy (non-hydrogen) atoms. The van der Waals surface area contributed by atoms with E-state index in [2.05, 4.69) is 46.6 Å². The predicted molar refractivity (Wildman–Crippen MR) is 78.7 cm³/mol. The predicted octanol–water partition coefficient (Wildman–Crippen LogP) is 3.68. The zero-order chi connectivity index (χ0) is 13.9. The van der Waals surface area contributed by atoms with Gasteiger partial charge in [-0.05, 0) is 50.5 Å². The van der Waals surface area contributed by atoms with Crippen LogP contribution in [0.15, 0.2) is 0 Å². The van der Waals surface area contributed by atoms with Crippen LogP contribution in [0.3, 0.4) is 0 Å². The molecular formula is C16H33NO. The lowest BCUT2D eigenvalue weighted by Gasteiger charge is -2.45. The van der Waals surface area contributed by atoms with Gasteiger partial charge in [-0.15, -0.1) is 0 Å². The van der Waals surface area contributed by atoms with E-state index in [0.717, 1.165) is 18.8 Å². The molecule has 1 N–H and O–H groups in total. The standard InChI is InChI=1S/C16H33NO/c1-7-13(8-2)17(6)14-11-12(16(3,4)5)9-10-15(14)18/h12-15,18H,7-11H2,1-6H3. The second-order valence-electron chi connectivity index (χ2n) is 7.15. The minimum absolute atomic E-state index is 0.130. The maximum atomic E-state index is 10.3. The van der Waals surface area contributed by atoms with Gasteiger partial charge in [-0.3, -0.25) is 4.90 Å². The highest BCUT2D eigenvalue weighted by Crippen LogP contribution is 2.39. The van der Waals surface area contributed by atoms with Gasteiger partial charge in [0.05, 0.1) is 6.10 Å². The summed E-state index contributed by atoms with van der Waals surface area (Å²) in [6.45, 7) is 11.5. The first kappa shape index (κ1) is 16.0. The first-order valence-corrected chi connectivity index (χ1v) is 7.71. The Labute approximate surface area is 114 Å². The van der Waals surface area contributed by atoms with E-state index in [1.807, 2.05) is 0 Å². The number of hydrogen-bond donors (Lipinski definition) is 1. The fourth-order valence-corrected chi connectivity index (χ4v) is 3.49. The van der Waals surface area contributed by atoms with Gasteiger partial charge in [0, 0.05) is 12.1 Å². The molecule has 2 heteroatoms. The van der Waals surface area contributed by atoms with E-state index < -0.39 is 0 Å². The van der Waals surface area contributed by atoms with Crippen molar-refractivity contribution in [2.45, 2.75) is 84.9 Å². The first-order chi connectivity index (χ1) is 8.31. The summed E-state index contributed by atoms with van der Waals surface area (Å²) < 4.78 is 0. The van der Waals surface area contributed by atoms with Gasteiger partial charge in [-0.1, -0.05) is 34.6 Å². The summed E-state index contributed by atoms with van der Waals surface area (Å²) >= 11 is 0. The molecule has 1 saturated carbocycles. The van der Waals surface area contributed by atoms with Crippen LogP contribution in [0.2, 0.25) is 0 Å². The lowest BCUT2D eigenvalue weighted by molar-refractivity contribution is -0.0234. The summed E-state index contributed by atoms with van der Waals surface area (Å²) in [7, 11) is 2.20. The van der Waals surface area contributed by atoms with Gasteiger partial charge < -0.3 is 5.11 Å². The summed E-state index contributed by atoms with van der Waals surface area (Å²) in [6, 6.07) is 0.969. The average Bonchev–Trinajstić information content (AvgIpc) is 2.29. The van der Waals surface area contributed by atoms with E-state index in [0.29, 0.717) is 17.5 Å². The van der Waals surface area contributed by atoms with Crippen LogP contribution >= 0.6 is 0 Å². The van der Waals surface area contributed by atoms with Crippen molar-refractivity contribution in [1.29, 1.82) is 0 Å². The van der Waals surface area contributed by atoms with Gasteiger partial charge in [0.1, 0.15) is 0 Å². The summed E-state index contributed by atoms with van der Waals surface area (Å²) in [6.07, 6.45) is 5.52. The molecule has 0 aromatic heterocycles. The first-order valence-electron chi connectivity index (χ1n) is 7.71. The fourth-order valence-electron chi connectivity index (χ4n) is 3.49. The van der Waals surface area contributed by atoms with Crippen molar-refractivity contribution in [3.8, 4) is 0 Å². The molecule has 1 fully saturated rings. The Morgan fingerprint density at radius 3 is 2.17 bits per heavy atom. The van der Waals surface area contributed by atoms with E-state index in [-0.39, 0.29) is 6.10 Å². The van der Waals surface area contributed by atoms with Crippen molar-refractivity contribution >= 4 is 0 Å². The quantitative estimate of drug-likeness (QED) is 0.828. The lowest BCUT2D eigenvalue weighted by Crippen LogP contribution is -2.50. The number of nitrogens with zero attached hydrogens (tertiary/aromatic N) is 1. The van der Waals surface area contributed by atoms with Crippen molar-refractivity contribution in [3.05, 3.63) is 0 Å². The monoisotopic (exact) mass is 255 g/mol. The maximum Gasteiger partial charge on any atom is 0.0695 e. The van der Waals surface area contributed by atoms with Crippen molar-refractivity contribution in [1.82, 2.24) is 4.90 Å². The molecule has 3 unspecified atom stereocenters. The molecule has 0 saturated heterocycles. The Morgan fingerprint density at radius 1 is 1.17 bits per heavy atom. The topological polar surface area (TPSA) is 23.5 Å². The van der Waals surface area contributed by atoms with E-state index in [9.17, 15) is 5.11 Å². The van der Waals surface area contributed by atoms with E-state index in [4.69, 9.17) is 0 Å². The smallest absolute Gasteiger partial charge is 0.0695 e. The van der Waals surface area contributed by atoms with Gasteiger partial charge in [-0.2, -0.15) is 0 Å². The minimum Gasteiger partial charge on any atom is -0.391 e. The average molecular weight is 255 g/mol. The van der Waals surface area contributed by atoms with Crippen LogP contribution in [0.1, 0.15) is 66.7 Å². The third-order valence-corrected chi connectivity index (χ3v) is 5.05. The van der Waals surface area contributed by atoms with Crippen LogP contribution in [-0.2, 0) is 0 Å². The molecule has 1 aliphatic rings. The third kappa shape index (κ3) is 3.71. The zero-order valence-electron chi connectivity index (χ0n) is 13.2. The van der Waals surface area contributed by atoms with E-state index >= 15 is 0 Å². The van der Waals surface area contributed by atoms with Crippen LogP contribution in [0.5, 0.6) is 0 Å². The van der Waals surface area contributed by atoms with Crippen LogP contribution in [0.4, 0.5) is 0 Å². The molecule has 3 atom stereocenters. The molecule has 0 aromatic rings. The Kier molecular flexibility index (Phi) is 5.67. The van der Waals surface area contributed by atoms with E-state index in [1.54, 1.807) is 0 Å². The molecule has 0 heterocycles. The third-order valence-electron chi connectivity index (χ3n) is 5.05. The van der Waals surface area contributed by atoms with Gasteiger partial charge in [0.15, 0.2) is 0 Å². The molecular weight excluding hydrogens is 222 g/mol. The van der Waals surface area contributed by atoms with Crippen LogP contribution < -0.4 is 0 Å². The molecule has 2 nitrogen and oxygen atoms in total. The molecule has 108 valence electrons. The van der Waals surface area contributed by atoms with Gasteiger partial charge in [0.25, 0.3) is 0 Å². The molecule has 0 bridgehead atoms. The Hall–Kier alpha value is -0.0800. The van der Waals surface area contributed by atoms with E-state index in [1.165, 1.54) is 19.3 Å². The highest BCUT2D eigenvalue weighted by Gasteiger charge is 2.37. The van der Waals surface area contributed by atoms with Crippen molar-refractivity contribution in [3.63, 3.8) is 0 Å². The van der Waals surface area contributed by atoms with Crippen LogP contribution in [-0.4, -0.2) is 35.2 Å².